The lowest BCUT2D eigenvalue weighted by molar-refractivity contribution is 0.254. The fourth-order valence-corrected chi connectivity index (χ4v) is 3.75. The van der Waals surface area contributed by atoms with Gasteiger partial charge in [0.05, 0.1) is 11.3 Å². The molecular weight excluding hydrogens is 278 g/mol. The quantitative estimate of drug-likeness (QED) is 0.774. The first-order valence-corrected chi connectivity index (χ1v) is 8.84. The van der Waals surface area contributed by atoms with Gasteiger partial charge in [-0.1, -0.05) is 25.8 Å². The summed E-state index contributed by atoms with van der Waals surface area (Å²) in [6, 6.07) is 9.17. The minimum absolute atomic E-state index is 0.754. The first kappa shape index (κ1) is 16.2. The van der Waals surface area contributed by atoms with E-state index < -0.39 is 0 Å². The maximum Gasteiger partial charge on any atom is 0.102 e. The molecule has 0 saturated heterocycles. The summed E-state index contributed by atoms with van der Waals surface area (Å²) in [7, 11) is 2.21. The predicted molar refractivity (Wildman–Crippen MR) is 90.9 cm³/mol. The number of nitrogens with one attached hydrogen (secondary N) is 1. The number of benzene rings is 1. The number of likely N-dealkylation sites (N-methyl/N-ethyl adjacent to an activating group) is 1. The monoisotopic (exact) mass is 303 g/mol. The van der Waals surface area contributed by atoms with Crippen molar-refractivity contribution in [3.05, 3.63) is 23.8 Å². The highest BCUT2D eigenvalue weighted by Crippen LogP contribution is 2.28. The van der Waals surface area contributed by atoms with E-state index in [0.29, 0.717) is 0 Å². The number of nitrogens with zero attached hydrogens (tertiary/aromatic N) is 2. The molecule has 1 aliphatic rings. The van der Waals surface area contributed by atoms with Crippen LogP contribution < -0.4 is 5.32 Å². The Kier molecular flexibility index (Phi) is 6.41. The van der Waals surface area contributed by atoms with Gasteiger partial charge in [-0.3, -0.25) is 0 Å². The molecule has 1 aliphatic carbocycles. The van der Waals surface area contributed by atoms with Gasteiger partial charge < -0.3 is 10.2 Å². The van der Waals surface area contributed by atoms with Crippen molar-refractivity contribution in [2.75, 3.05) is 31.2 Å². The summed E-state index contributed by atoms with van der Waals surface area (Å²) in [5.41, 5.74) is 1.75. The van der Waals surface area contributed by atoms with Gasteiger partial charge in [0.15, 0.2) is 0 Å². The summed E-state index contributed by atoms with van der Waals surface area (Å²) < 4.78 is 0. The number of hydrogen-bond donors (Lipinski definition) is 1. The van der Waals surface area contributed by atoms with Crippen LogP contribution in [0.3, 0.4) is 0 Å². The number of thioether (sulfide) groups is 1. The predicted octanol–water partition coefficient (Wildman–Crippen LogP) is 3.96. The Balaban J connectivity index is 1.90. The molecule has 0 spiro atoms. The summed E-state index contributed by atoms with van der Waals surface area (Å²) in [6.07, 6.45) is 5.42. The molecule has 4 heteroatoms. The number of anilines is 1. The van der Waals surface area contributed by atoms with Crippen LogP contribution in [0.25, 0.3) is 0 Å². The fourth-order valence-electron chi connectivity index (χ4n) is 2.96. The van der Waals surface area contributed by atoms with Gasteiger partial charge in [0.25, 0.3) is 0 Å². The van der Waals surface area contributed by atoms with Crippen LogP contribution in [-0.4, -0.2) is 36.8 Å². The minimum Gasteiger partial charge on any atom is -0.383 e. The van der Waals surface area contributed by atoms with Gasteiger partial charge in [-0.25, -0.2) is 0 Å². The van der Waals surface area contributed by atoms with E-state index in [1.54, 1.807) is 11.8 Å². The Bertz CT molecular complexity index is 489. The smallest absolute Gasteiger partial charge is 0.102 e. The van der Waals surface area contributed by atoms with Gasteiger partial charge in [0.2, 0.25) is 0 Å². The summed E-state index contributed by atoms with van der Waals surface area (Å²) in [6.45, 7) is 4.03. The number of nitriles is 1. The van der Waals surface area contributed by atoms with Gasteiger partial charge in [0.1, 0.15) is 6.07 Å². The van der Waals surface area contributed by atoms with Crippen LogP contribution in [-0.2, 0) is 0 Å². The van der Waals surface area contributed by atoms with Crippen LogP contribution in [0, 0.1) is 11.3 Å². The lowest BCUT2D eigenvalue weighted by Gasteiger charge is -2.24. The molecule has 0 heterocycles. The van der Waals surface area contributed by atoms with Gasteiger partial charge in [0, 0.05) is 24.0 Å². The molecule has 3 nitrogen and oxygen atoms in total. The van der Waals surface area contributed by atoms with Crippen LogP contribution in [0.4, 0.5) is 5.69 Å². The van der Waals surface area contributed by atoms with Crippen LogP contribution in [0.2, 0.25) is 0 Å². The average Bonchev–Trinajstić information content (AvgIpc) is 3.02. The molecule has 1 aromatic carbocycles. The molecule has 0 aromatic heterocycles. The van der Waals surface area contributed by atoms with Crippen molar-refractivity contribution in [1.82, 2.24) is 4.90 Å². The minimum atomic E-state index is 0.754. The topological polar surface area (TPSA) is 39.1 Å². The molecule has 21 heavy (non-hydrogen) atoms. The van der Waals surface area contributed by atoms with E-state index >= 15 is 0 Å². The summed E-state index contributed by atoms with van der Waals surface area (Å²) >= 11 is 1.73. The molecule has 114 valence electrons. The molecule has 1 fully saturated rings. The number of hydrogen-bond acceptors (Lipinski definition) is 4. The van der Waals surface area contributed by atoms with E-state index in [0.717, 1.165) is 41.0 Å². The molecule has 1 N–H and O–H groups in total. The normalized spacial score (nSPS) is 15.3. The van der Waals surface area contributed by atoms with Crippen LogP contribution in [0.1, 0.15) is 38.2 Å². The molecule has 0 amide bonds. The van der Waals surface area contributed by atoms with Crippen molar-refractivity contribution >= 4 is 17.4 Å². The Labute approximate surface area is 132 Å². The van der Waals surface area contributed by atoms with Crippen molar-refractivity contribution < 1.29 is 0 Å². The van der Waals surface area contributed by atoms with Gasteiger partial charge in [-0.15, -0.1) is 11.8 Å². The highest BCUT2D eigenvalue weighted by molar-refractivity contribution is 7.99. The lowest BCUT2D eigenvalue weighted by atomic mass is 10.2. The molecule has 0 bridgehead atoms. The first-order valence-electron chi connectivity index (χ1n) is 7.86. The molecule has 1 saturated carbocycles. The maximum atomic E-state index is 9.39. The summed E-state index contributed by atoms with van der Waals surface area (Å²) in [5.74, 6) is 0.989. The van der Waals surface area contributed by atoms with Crippen LogP contribution >= 0.6 is 11.8 Å². The second-order valence-corrected chi connectivity index (χ2v) is 6.88. The van der Waals surface area contributed by atoms with E-state index in [-0.39, 0.29) is 0 Å². The third-order valence-corrected chi connectivity index (χ3v) is 5.11. The zero-order valence-corrected chi connectivity index (χ0v) is 13.9. The molecular formula is C17H25N3S. The Morgan fingerprint density at radius 1 is 1.38 bits per heavy atom. The molecule has 0 radical (unpaired) electrons. The molecule has 0 aliphatic heterocycles. The van der Waals surface area contributed by atoms with E-state index in [1.165, 1.54) is 25.7 Å². The first-order chi connectivity index (χ1) is 10.3. The largest absolute Gasteiger partial charge is 0.383 e. The van der Waals surface area contributed by atoms with E-state index in [2.05, 4.69) is 30.3 Å². The van der Waals surface area contributed by atoms with Crippen molar-refractivity contribution in [2.45, 2.75) is 43.5 Å². The van der Waals surface area contributed by atoms with Crippen molar-refractivity contribution in [3.8, 4) is 6.07 Å². The fraction of sp³-hybridized carbons (Fsp3) is 0.588. The van der Waals surface area contributed by atoms with Crippen LogP contribution in [0.5, 0.6) is 0 Å². The molecule has 0 unspecified atom stereocenters. The zero-order chi connectivity index (χ0) is 15.1. The van der Waals surface area contributed by atoms with Gasteiger partial charge in [-0.05, 0) is 37.8 Å². The second kappa shape index (κ2) is 8.31. The number of rotatable bonds is 7. The maximum absolute atomic E-state index is 9.39. The van der Waals surface area contributed by atoms with Crippen molar-refractivity contribution in [2.24, 2.45) is 0 Å². The third-order valence-electron chi connectivity index (χ3n) is 4.17. The second-order valence-electron chi connectivity index (χ2n) is 5.57. The highest BCUT2D eigenvalue weighted by Gasteiger charge is 2.18. The van der Waals surface area contributed by atoms with E-state index in [1.807, 2.05) is 18.2 Å². The van der Waals surface area contributed by atoms with Crippen LogP contribution in [0.15, 0.2) is 23.1 Å². The summed E-state index contributed by atoms with van der Waals surface area (Å²) in [5, 5.41) is 12.8. The summed E-state index contributed by atoms with van der Waals surface area (Å²) in [4.78, 5) is 3.53. The standard InChI is InChI=1S/C17H25N3S/c1-3-21-17-10-6-9-16(15(17)13-18)19-11-12-20(2)14-7-4-5-8-14/h6,9-10,14,19H,3-5,7-8,11-12H2,1-2H3. The Morgan fingerprint density at radius 2 is 2.14 bits per heavy atom. The SMILES string of the molecule is CCSc1cccc(NCCN(C)C2CCCC2)c1C#N. The van der Waals surface area contributed by atoms with Gasteiger partial charge >= 0.3 is 0 Å². The Hall–Kier alpha value is -1.18. The Morgan fingerprint density at radius 3 is 2.81 bits per heavy atom. The van der Waals surface area contributed by atoms with Crippen molar-refractivity contribution in [1.29, 1.82) is 5.26 Å². The van der Waals surface area contributed by atoms with E-state index in [9.17, 15) is 5.26 Å². The van der Waals surface area contributed by atoms with Gasteiger partial charge in [-0.2, -0.15) is 5.26 Å². The highest BCUT2D eigenvalue weighted by atomic mass is 32.2. The third kappa shape index (κ3) is 4.39. The average molecular weight is 303 g/mol. The zero-order valence-electron chi connectivity index (χ0n) is 13.1. The lowest BCUT2D eigenvalue weighted by Crippen LogP contribution is -2.33. The van der Waals surface area contributed by atoms with E-state index in [4.69, 9.17) is 0 Å². The molecule has 0 atom stereocenters. The molecule has 1 aromatic rings. The molecule has 2 rings (SSSR count). The van der Waals surface area contributed by atoms with Crippen molar-refractivity contribution in [3.63, 3.8) is 0 Å².